The van der Waals surface area contributed by atoms with Gasteiger partial charge in [-0.2, -0.15) is 5.26 Å². The van der Waals surface area contributed by atoms with Gasteiger partial charge in [0.1, 0.15) is 23.4 Å². The molecule has 0 aliphatic carbocycles. The Kier molecular flexibility index (Phi) is 5.50. The number of phenols is 2. The molecule has 27 heavy (non-hydrogen) atoms. The molecule has 0 spiro atoms. The second kappa shape index (κ2) is 7.83. The summed E-state index contributed by atoms with van der Waals surface area (Å²) < 4.78 is 33.0. The maximum absolute atomic E-state index is 13.4. The summed E-state index contributed by atoms with van der Waals surface area (Å²) in [6, 6.07) is 11.5. The van der Waals surface area contributed by atoms with Crippen LogP contribution >= 0.6 is 0 Å². The molecule has 0 radical (unpaired) electrons. The maximum Gasteiger partial charge on any atom is 0.239 e. The van der Waals surface area contributed by atoms with E-state index in [1.54, 1.807) is 12.1 Å². The Labute approximate surface area is 156 Å². The number of nitrogens with zero attached hydrogens (tertiary/aromatic N) is 1. The molecule has 142 valence electrons. The standard InChI is InChI=1S/C21H21F2NO3/c1-2-16-17(11-19(22)23)18-10-15(26)9-13(7-8-24)21(18)27-20(16)12-3-5-14(25)6-4-12/h3-6,9-10,16-17,19-20,25-26H,2,7,11H2,1H3/t16-,17+,20-/m0/s1. The van der Waals surface area contributed by atoms with E-state index in [0.29, 0.717) is 23.3 Å². The summed E-state index contributed by atoms with van der Waals surface area (Å²) in [4.78, 5) is 0. The number of rotatable bonds is 5. The SMILES string of the molecule is CC[C@H]1[C@@H](CC(F)F)c2cc(O)cc(CC#N)c2O[C@H]1c1ccc(O)cc1. The normalized spacial score (nSPS) is 21.4. The van der Waals surface area contributed by atoms with Gasteiger partial charge in [0, 0.05) is 23.5 Å². The van der Waals surface area contributed by atoms with Crippen molar-refractivity contribution in [1.82, 2.24) is 0 Å². The molecule has 3 rings (SSSR count). The fourth-order valence-electron chi connectivity index (χ4n) is 3.96. The van der Waals surface area contributed by atoms with Gasteiger partial charge in [0.15, 0.2) is 0 Å². The van der Waals surface area contributed by atoms with Crippen LogP contribution in [0.3, 0.4) is 0 Å². The van der Waals surface area contributed by atoms with Crippen LogP contribution in [-0.4, -0.2) is 16.6 Å². The van der Waals surface area contributed by atoms with Gasteiger partial charge < -0.3 is 14.9 Å². The number of nitriles is 1. The van der Waals surface area contributed by atoms with E-state index in [9.17, 15) is 19.0 Å². The van der Waals surface area contributed by atoms with E-state index >= 15 is 0 Å². The van der Waals surface area contributed by atoms with E-state index in [-0.39, 0.29) is 30.3 Å². The zero-order valence-electron chi connectivity index (χ0n) is 14.9. The molecule has 4 nitrogen and oxygen atoms in total. The zero-order valence-corrected chi connectivity index (χ0v) is 14.9. The lowest BCUT2D eigenvalue weighted by atomic mass is 9.74. The fourth-order valence-corrected chi connectivity index (χ4v) is 3.96. The van der Waals surface area contributed by atoms with Crippen molar-refractivity contribution in [3.05, 3.63) is 53.1 Å². The average molecular weight is 373 g/mol. The first kappa shape index (κ1) is 19.0. The Morgan fingerprint density at radius 2 is 1.85 bits per heavy atom. The molecule has 1 aliphatic rings. The van der Waals surface area contributed by atoms with Gasteiger partial charge in [-0.1, -0.05) is 19.1 Å². The minimum Gasteiger partial charge on any atom is -0.508 e. The number of aromatic hydroxyl groups is 2. The fraction of sp³-hybridized carbons (Fsp3) is 0.381. The van der Waals surface area contributed by atoms with Gasteiger partial charge in [-0.3, -0.25) is 0 Å². The van der Waals surface area contributed by atoms with Crippen molar-refractivity contribution >= 4 is 0 Å². The van der Waals surface area contributed by atoms with Crippen molar-refractivity contribution in [3.8, 4) is 23.3 Å². The highest BCUT2D eigenvalue weighted by Gasteiger charge is 2.40. The van der Waals surface area contributed by atoms with Crippen molar-refractivity contribution in [3.63, 3.8) is 0 Å². The van der Waals surface area contributed by atoms with E-state index in [1.165, 1.54) is 24.3 Å². The van der Waals surface area contributed by atoms with Gasteiger partial charge in [-0.25, -0.2) is 8.78 Å². The van der Waals surface area contributed by atoms with Gasteiger partial charge in [0.2, 0.25) is 6.43 Å². The van der Waals surface area contributed by atoms with Crippen LogP contribution in [0, 0.1) is 17.2 Å². The molecule has 0 unspecified atom stereocenters. The summed E-state index contributed by atoms with van der Waals surface area (Å²) in [6.07, 6.45) is -2.71. The van der Waals surface area contributed by atoms with Crippen molar-refractivity contribution in [2.45, 2.75) is 44.6 Å². The first-order valence-electron chi connectivity index (χ1n) is 8.91. The summed E-state index contributed by atoms with van der Waals surface area (Å²) in [7, 11) is 0. The Morgan fingerprint density at radius 3 is 2.44 bits per heavy atom. The Morgan fingerprint density at radius 1 is 1.15 bits per heavy atom. The Hall–Kier alpha value is -2.81. The molecule has 2 aromatic rings. The maximum atomic E-state index is 13.4. The molecular formula is C21H21F2NO3. The third-order valence-corrected chi connectivity index (χ3v) is 5.12. The van der Waals surface area contributed by atoms with Crippen molar-refractivity contribution in [1.29, 1.82) is 5.26 Å². The van der Waals surface area contributed by atoms with E-state index in [0.717, 1.165) is 5.56 Å². The zero-order chi connectivity index (χ0) is 19.6. The first-order valence-corrected chi connectivity index (χ1v) is 8.91. The number of hydrogen-bond acceptors (Lipinski definition) is 4. The molecule has 0 aromatic heterocycles. The third kappa shape index (κ3) is 3.82. The summed E-state index contributed by atoms with van der Waals surface area (Å²) >= 11 is 0. The van der Waals surface area contributed by atoms with Gasteiger partial charge >= 0.3 is 0 Å². The van der Waals surface area contributed by atoms with Gasteiger partial charge in [-0.15, -0.1) is 0 Å². The number of halogens is 2. The van der Waals surface area contributed by atoms with Crippen LogP contribution in [-0.2, 0) is 6.42 Å². The van der Waals surface area contributed by atoms with Crippen LogP contribution in [0.2, 0.25) is 0 Å². The van der Waals surface area contributed by atoms with Gasteiger partial charge in [0.05, 0.1) is 12.5 Å². The molecule has 1 heterocycles. The number of hydrogen-bond donors (Lipinski definition) is 2. The molecular weight excluding hydrogens is 352 g/mol. The largest absolute Gasteiger partial charge is 0.508 e. The number of phenolic OH excluding ortho intramolecular Hbond substituents is 2. The lowest BCUT2D eigenvalue weighted by Crippen LogP contribution is -2.31. The molecule has 0 amide bonds. The molecule has 0 bridgehead atoms. The molecule has 1 aliphatic heterocycles. The minimum atomic E-state index is -2.50. The summed E-state index contributed by atoms with van der Waals surface area (Å²) in [5.74, 6) is -0.278. The van der Waals surface area contributed by atoms with Crippen LogP contribution < -0.4 is 4.74 Å². The minimum absolute atomic E-state index is 0.0111. The first-order chi connectivity index (χ1) is 12.9. The molecule has 0 fully saturated rings. The highest BCUT2D eigenvalue weighted by molar-refractivity contribution is 5.52. The van der Waals surface area contributed by atoms with Crippen molar-refractivity contribution in [2.24, 2.45) is 5.92 Å². The number of fused-ring (bicyclic) bond motifs is 1. The Bertz CT molecular complexity index is 846. The topological polar surface area (TPSA) is 73.5 Å². The summed E-state index contributed by atoms with van der Waals surface area (Å²) in [5, 5.41) is 28.7. The van der Waals surface area contributed by atoms with Gasteiger partial charge in [-0.05, 0) is 42.2 Å². The van der Waals surface area contributed by atoms with Crippen molar-refractivity contribution in [2.75, 3.05) is 0 Å². The van der Waals surface area contributed by atoms with Crippen LogP contribution in [0.25, 0.3) is 0 Å². The van der Waals surface area contributed by atoms with Crippen LogP contribution in [0.15, 0.2) is 36.4 Å². The highest BCUT2D eigenvalue weighted by Crippen LogP contribution is 2.52. The average Bonchev–Trinajstić information content (AvgIpc) is 2.62. The van der Waals surface area contributed by atoms with E-state index in [4.69, 9.17) is 10.00 Å². The van der Waals surface area contributed by atoms with E-state index in [1.807, 2.05) is 13.0 Å². The van der Waals surface area contributed by atoms with E-state index in [2.05, 4.69) is 0 Å². The molecule has 3 atom stereocenters. The highest BCUT2D eigenvalue weighted by atomic mass is 19.3. The number of benzene rings is 2. The molecule has 0 saturated carbocycles. The van der Waals surface area contributed by atoms with Gasteiger partial charge in [0.25, 0.3) is 0 Å². The molecule has 2 N–H and O–H groups in total. The monoisotopic (exact) mass is 373 g/mol. The van der Waals surface area contributed by atoms with E-state index < -0.39 is 18.4 Å². The number of alkyl halides is 2. The molecule has 2 aromatic carbocycles. The molecule has 6 heteroatoms. The summed E-state index contributed by atoms with van der Waals surface area (Å²) in [5.41, 5.74) is 1.80. The van der Waals surface area contributed by atoms with Crippen LogP contribution in [0.4, 0.5) is 8.78 Å². The predicted octanol–water partition coefficient (Wildman–Crippen LogP) is 5.06. The van der Waals surface area contributed by atoms with Crippen LogP contribution in [0.5, 0.6) is 17.2 Å². The second-order valence-corrected chi connectivity index (χ2v) is 6.79. The smallest absolute Gasteiger partial charge is 0.239 e. The molecule has 0 saturated heterocycles. The van der Waals surface area contributed by atoms with Crippen molar-refractivity contribution < 1.29 is 23.7 Å². The van der Waals surface area contributed by atoms with Crippen LogP contribution in [0.1, 0.15) is 48.5 Å². The number of ether oxygens (including phenoxy) is 1. The second-order valence-electron chi connectivity index (χ2n) is 6.79. The summed E-state index contributed by atoms with van der Waals surface area (Å²) in [6.45, 7) is 1.92. The third-order valence-electron chi connectivity index (χ3n) is 5.12. The lowest BCUT2D eigenvalue weighted by molar-refractivity contribution is 0.0530. The predicted molar refractivity (Wildman–Crippen MR) is 96.0 cm³/mol. The Balaban J connectivity index is 2.15. The lowest BCUT2D eigenvalue weighted by Gasteiger charge is -2.40. The quantitative estimate of drug-likeness (QED) is 0.768.